The van der Waals surface area contributed by atoms with Crippen LogP contribution in [0.5, 0.6) is 5.88 Å². The second kappa shape index (κ2) is 5.64. The number of ether oxygens (including phenoxy) is 1. The summed E-state index contributed by atoms with van der Waals surface area (Å²) in [5, 5.41) is 7.26. The number of aryl methyl sites for hydroxylation is 2. The van der Waals surface area contributed by atoms with E-state index in [1.165, 1.54) is 0 Å². The molecule has 0 atom stereocenters. The Kier molecular flexibility index (Phi) is 3.94. The normalized spacial score (nSPS) is 10.6. The van der Waals surface area contributed by atoms with Crippen molar-refractivity contribution in [1.29, 1.82) is 0 Å². The van der Waals surface area contributed by atoms with Gasteiger partial charge in [-0.2, -0.15) is 0 Å². The van der Waals surface area contributed by atoms with Gasteiger partial charge < -0.3 is 14.6 Å². The van der Waals surface area contributed by atoms with Crippen LogP contribution in [0, 0.1) is 13.8 Å². The molecule has 2 aromatic rings. The summed E-state index contributed by atoms with van der Waals surface area (Å²) in [6.07, 6.45) is 1.80. The Morgan fingerprint density at radius 2 is 2.11 bits per heavy atom. The first kappa shape index (κ1) is 12.6. The van der Waals surface area contributed by atoms with Crippen LogP contribution < -0.4 is 10.1 Å². The third-order valence-electron chi connectivity index (χ3n) is 2.82. The summed E-state index contributed by atoms with van der Waals surface area (Å²) >= 11 is 0. The third kappa shape index (κ3) is 2.87. The van der Waals surface area contributed by atoms with Gasteiger partial charge in [-0.1, -0.05) is 11.2 Å². The zero-order chi connectivity index (χ0) is 13.0. The monoisotopic (exact) mass is 247 g/mol. The van der Waals surface area contributed by atoms with Gasteiger partial charge in [-0.05, 0) is 19.4 Å². The van der Waals surface area contributed by atoms with Crippen LogP contribution in [0.3, 0.4) is 0 Å². The third-order valence-corrected chi connectivity index (χ3v) is 2.82. The van der Waals surface area contributed by atoms with Gasteiger partial charge in [-0.15, -0.1) is 0 Å². The van der Waals surface area contributed by atoms with E-state index in [1.807, 2.05) is 26.0 Å². The van der Waals surface area contributed by atoms with Crippen molar-refractivity contribution >= 4 is 0 Å². The molecule has 0 fully saturated rings. The Morgan fingerprint density at radius 1 is 1.28 bits per heavy atom. The van der Waals surface area contributed by atoms with Crippen LogP contribution in [0.1, 0.15) is 22.6 Å². The van der Waals surface area contributed by atoms with E-state index in [4.69, 9.17) is 9.26 Å². The summed E-state index contributed by atoms with van der Waals surface area (Å²) in [5.74, 6) is 1.50. The van der Waals surface area contributed by atoms with E-state index in [9.17, 15) is 0 Å². The molecule has 2 aromatic heterocycles. The van der Waals surface area contributed by atoms with Crippen molar-refractivity contribution in [2.45, 2.75) is 26.9 Å². The second-order valence-electron chi connectivity index (χ2n) is 4.12. The molecule has 0 radical (unpaired) electrons. The van der Waals surface area contributed by atoms with Gasteiger partial charge in [0.1, 0.15) is 5.76 Å². The first-order chi connectivity index (χ1) is 8.70. The van der Waals surface area contributed by atoms with Crippen LogP contribution in [0.15, 0.2) is 22.9 Å². The van der Waals surface area contributed by atoms with Gasteiger partial charge >= 0.3 is 0 Å². The van der Waals surface area contributed by atoms with Gasteiger partial charge in [-0.3, -0.25) is 0 Å². The van der Waals surface area contributed by atoms with Gasteiger partial charge in [0.2, 0.25) is 5.88 Å². The molecule has 0 aliphatic rings. The van der Waals surface area contributed by atoms with Gasteiger partial charge in [0.15, 0.2) is 0 Å². The average molecular weight is 247 g/mol. The van der Waals surface area contributed by atoms with E-state index in [0.717, 1.165) is 35.7 Å². The summed E-state index contributed by atoms with van der Waals surface area (Å²) in [4.78, 5) is 4.15. The molecule has 0 saturated heterocycles. The lowest BCUT2D eigenvalue weighted by Gasteiger charge is -2.05. The van der Waals surface area contributed by atoms with Crippen molar-refractivity contribution in [2.75, 3.05) is 7.11 Å². The van der Waals surface area contributed by atoms with Gasteiger partial charge in [0.05, 0.1) is 12.8 Å². The predicted molar refractivity (Wildman–Crippen MR) is 67.3 cm³/mol. The fraction of sp³-hybridized carbons (Fsp3) is 0.385. The maximum atomic E-state index is 5.11. The lowest BCUT2D eigenvalue weighted by Crippen LogP contribution is -2.13. The molecule has 0 aliphatic carbocycles. The van der Waals surface area contributed by atoms with E-state index in [1.54, 1.807) is 13.3 Å². The Bertz CT molecular complexity index is 486. The lowest BCUT2D eigenvalue weighted by molar-refractivity contribution is 0.392. The van der Waals surface area contributed by atoms with Crippen molar-refractivity contribution in [1.82, 2.24) is 15.5 Å². The Balaban J connectivity index is 1.88. The van der Waals surface area contributed by atoms with E-state index in [2.05, 4.69) is 15.5 Å². The summed E-state index contributed by atoms with van der Waals surface area (Å²) in [5.41, 5.74) is 3.17. The lowest BCUT2D eigenvalue weighted by atomic mass is 10.2. The number of rotatable bonds is 5. The number of hydrogen-bond acceptors (Lipinski definition) is 5. The molecule has 5 heteroatoms. The number of aromatic nitrogens is 2. The van der Waals surface area contributed by atoms with Crippen LogP contribution in [0.4, 0.5) is 0 Å². The molecule has 0 saturated carbocycles. The van der Waals surface area contributed by atoms with Crippen molar-refractivity contribution in [3.63, 3.8) is 0 Å². The van der Waals surface area contributed by atoms with E-state index in [0.29, 0.717) is 5.88 Å². The minimum absolute atomic E-state index is 0.629. The van der Waals surface area contributed by atoms with Crippen molar-refractivity contribution < 1.29 is 9.26 Å². The first-order valence-electron chi connectivity index (χ1n) is 5.82. The molecule has 0 bridgehead atoms. The Morgan fingerprint density at radius 3 is 2.67 bits per heavy atom. The maximum absolute atomic E-state index is 5.11. The highest BCUT2D eigenvalue weighted by Crippen LogP contribution is 2.12. The Hall–Kier alpha value is -1.88. The van der Waals surface area contributed by atoms with Crippen LogP contribution in [0.2, 0.25) is 0 Å². The first-order valence-corrected chi connectivity index (χ1v) is 5.82. The van der Waals surface area contributed by atoms with E-state index >= 15 is 0 Å². The standard InChI is InChI=1S/C13H17N3O2/c1-9-12(10(2)18-16-9)8-14-6-11-4-5-13(17-3)15-7-11/h4-5,7,14H,6,8H2,1-3H3. The number of pyridine rings is 1. The zero-order valence-corrected chi connectivity index (χ0v) is 10.9. The Labute approximate surface area is 106 Å². The van der Waals surface area contributed by atoms with Crippen LogP contribution in [-0.4, -0.2) is 17.3 Å². The minimum atomic E-state index is 0.629. The van der Waals surface area contributed by atoms with Crippen LogP contribution in [-0.2, 0) is 13.1 Å². The zero-order valence-electron chi connectivity index (χ0n) is 10.9. The molecule has 18 heavy (non-hydrogen) atoms. The van der Waals surface area contributed by atoms with Crippen molar-refractivity contribution in [2.24, 2.45) is 0 Å². The van der Waals surface area contributed by atoms with Gasteiger partial charge in [0.25, 0.3) is 0 Å². The molecule has 96 valence electrons. The predicted octanol–water partition coefficient (Wildman–Crippen LogP) is 1.98. The SMILES string of the molecule is COc1ccc(CNCc2c(C)noc2C)cn1. The molecule has 5 nitrogen and oxygen atoms in total. The molecule has 0 aromatic carbocycles. The number of nitrogens with one attached hydrogen (secondary N) is 1. The molecule has 0 aliphatic heterocycles. The fourth-order valence-electron chi connectivity index (χ4n) is 1.72. The highest BCUT2D eigenvalue weighted by atomic mass is 16.5. The molecule has 0 amide bonds. The molecule has 0 unspecified atom stereocenters. The second-order valence-corrected chi connectivity index (χ2v) is 4.12. The quantitative estimate of drug-likeness (QED) is 0.875. The fourth-order valence-corrected chi connectivity index (χ4v) is 1.72. The topological polar surface area (TPSA) is 60.2 Å². The highest BCUT2D eigenvalue weighted by molar-refractivity contribution is 5.21. The van der Waals surface area contributed by atoms with Crippen LogP contribution in [0.25, 0.3) is 0 Å². The summed E-state index contributed by atoms with van der Waals surface area (Å²) in [6, 6.07) is 3.85. The smallest absolute Gasteiger partial charge is 0.212 e. The van der Waals surface area contributed by atoms with E-state index < -0.39 is 0 Å². The molecule has 2 heterocycles. The van der Waals surface area contributed by atoms with Gasteiger partial charge in [-0.25, -0.2) is 4.98 Å². The minimum Gasteiger partial charge on any atom is -0.481 e. The summed E-state index contributed by atoms with van der Waals surface area (Å²) in [6.45, 7) is 5.36. The van der Waals surface area contributed by atoms with Crippen molar-refractivity contribution in [3.8, 4) is 5.88 Å². The number of methoxy groups -OCH3 is 1. The molecule has 0 spiro atoms. The van der Waals surface area contributed by atoms with Crippen molar-refractivity contribution in [3.05, 3.63) is 40.9 Å². The molecular weight excluding hydrogens is 230 g/mol. The van der Waals surface area contributed by atoms with E-state index in [-0.39, 0.29) is 0 Å². The summed E-state index contributed by atoms with van der Waals surface area (Å²) in [7, 11) is 1.61. The number of nitrogens with zero attached hydrogens (tertiary/aromatic N) is 2. The molecular formula is C13H17N3O2. The van der Waals surface area contributed by atoms with Gasteiger partial charge in [0, 0.05) is 30.9 Å². The van der Waals surface area contributed by atoms with Crippen LogP contribution >= 0.6 is 0 Å². The number of hydrogen-bond donors (Lipinski definition) is 1. The molecule has 1 N–H and O–H groups in total. The maximum Gasteiger partial charge on any atom is 0.212 e. The average Bonchev–Trinajstić information content (AvgIpc) is 2.71. The highest BCUT2D eigenvalue weighted by Gasteiger charge is 2.07. The summed E-state index contributed by atoms with van der Waals surface area (Å²) < 4.78 is 10.1. The largest absolute Gasteiger partial charge is 0.481 e. The molecule has 2 rings (SSSR count).